The van der Waals surface area contributed by atoms with Gasteiger partial charge in [0.25, 0.3) is 0 Å². The highest BCUT2D eigenvalue weighted by atomic mass is 16.4. The van der Waals surface area contributed by atoms with Crippen LogP contribution in [-0.4, -0.2) is 22.2 Å². The van der Waals surface area contributed by atoms with Crippen LogP contribution in [0.25, 0.3) is 0 Å². The van der Waals surface area contributed by atoms with E-state index in [0.717, 1.165) is 6.42 Å². The highest BCUT2D eigenvalue weighted by molar-refractivity contribution is 5.87. The summed E-state index contributed by atoms with van der Waals surface area (Å²) in [6.07, 6.45) is 1.57. The van der Waals surface area contributed by atoms with Crippen molar-refractivity contribution in [2.45, 2.75) is 39.5 Å². The summed E-state index contributed by atoms with van der Waals surface area (Å²) >= 11 is 0. The Morgan fingerprint density at radius 1 is 1.07 bits per heavy atom. The van der Waals surface area contributed by atoms with Crippen molar-refractivity contribution in [2.75, 3.05) is 0 Å². The van der Waals surface area contributed by atoms with Gasteiger partial charge in [0.2, 0.25) is 0 Å². The first-order chi connectivity index (χ1) is 6.49. The molecule has 0 aliphatic heterocycles. The van der Waals surface area contributed by atoms with Crippen LogP contribution in [-0.2, 0) is 9.59 Å². The molecule has 4 nitrogen and oxygen atoms in total. The van der Waals surface area contributed by atoms with Crippen LogP contribution in [0, 0.1) is 0 Å². The van der Waals surface area contributed by atoms with Gasteiger partial charge in [-0.05, 0) is 19.8 Å². The maximum absolute atomic E-state index is 10.8. The lowest BCUT2D eigenvalue weighted by molar-refractivity contribution is -0.137. The lowest BCUT2D eigenvalue weighted by Gasteiger charge is -2.05. The van der Waals surface area contributed by atoms with Gasteiger partial charge in [-0.15, -0.1) is 0 Å². The van der Waals surface area contributed by atoms with Gasteiger partial charge in [-0.2, -0.15) is 0 Å². The molecule has 2 N–H and O–H groups in total. The standard InChI is InChI=1S/C10H16O4/c1-3-4-8(10(13)14)7(2)5-6-9(11)12/h3-6H2,1-2H3,(H,11,12)(H,13,14). The Labute approximate surface area is 83.2 Å². The zero-order chi connectivity index (χ0) is 11.1. The molecule has 0 fully saturated rings. The van der Waals surface area contributed by atoms with Crippen molar-refractivity contribution in [3.63, 3.8) is 0 Å². The third-order valence-corrected chi connectivity index (χ3v) is 1.99. The number of hydrogen-bond donors (Lipinski definition) is 2. The van der Waals surface area contributed by atoms with E-state index in [-0.39, 0.29) is 6.42 Å². The van der Waals surface area contributed by atoms with Crippen molar-refractivity contribution >= 4 is 11.9 Å². The monoisotopic (exact) mass is 200 g/mol. The van der Waals surface area contributed by atoms with Crippen molar-refractivity contribution in [1.29, 1.82) is 0 Å². The Morgan fingerprint density at radius 2 is 1.64 bits per heavy atom. The minimum atomic E-state index is -0.935. The SMILES string of the molecule is CCCC(C(=O)O)=C(C)CCC(=O)O. The van der Waals surface area contributed by atoms with Crippen molar-refractivity contribution < 1.29 is 19.8 Å². The average molecular weight is 200 g/mol. The minimum Gasteiger partial charge on any atom is -0.481 e. The highest BCUT2D eigenvalue weighted by Gasteiger charge is 2.10. The Hall–Kier alpha value is -1.32. The number of rotatable bonds is 6. The first-order valence-electron chi connectivity index (χ1n) is 4.62. The molecular weight excluding hydrogens is 184 g/mol. The van der Waals surface area contributed by atoms with Crippen LogP contribution in [0.4, 0.5) is 0 Å². The van der Waals surface area contributed by atoms with Crippen LogP contribution in [0.1, 0.15) is 39.5 Å². The van der Waals surface area contributed by atoms with E-state index < -0.39 is 11.9 Å². The molecule has 0 bridgehead atoms. The smallest absolute Gasteiger partial charge is 0.331 e. The normalized spacial score (nSPS) is 12.1. The first kappa shape index (κ1) is 12.7. The fourth-order valence-corrected chi connectivity index (χ4v) is 1.20. The van der Waals surface area contributed by atoms with Gasteiger partial charge in [-0.1, -0.05) is 18.9 Å². The van der Waals surface area contributed by atoms with Gasteiger partial charge in [0.1, 0.15) is 0 Å². The number of carboxylic acid groups (broad SMARTS) is 2. The molecule has 0 spiro atoms. The molecule has 14 heavy (non-hydrogen) atoms. The van der Waals surface area contributed by atoms with Crippen LogP contribution in [0.5, 0.6) is 0 Å². The molecule has 0 saturated heterocycles. The van der Waals surface area contributed by atoms with E-state index in [9.17, 15) is 9.59 Å². The Kier molecular flexibility index (Phi) is 5.60. The predicted molar refractivity (Wildman–Crippen MR) is 52.1 cm³/mol. The second-order valence-corrected chi connectivity index (χ2v) is 3.21. The van der Waals surface area contributed by atoms with Crippen molar-refractivity contribution in [3.05, 3.63) is 11.1 Å². The predicted octanol–water partition coefficient (Wildman–Crippen LogP) is 2.05. The van der Waals surface area contributed by atoms with E-state index in [0.29, 0.717) is 24.0 Å². The molecule has 0 atom stereocenters. The summed E-state index contributed by atoms with van der Waals surface area (Å²) in [7, 11) is 0. The molecule has 0 saturated carbocycles. The Balaban J connectivity index is 4.46. The average Bonchev–Trinajstić information content (AvgIpc) is 2.09. The molecule has 0 aliphatic carbocycles. The number of allylic oxidation sites excluding steroid dienone is 1. The summed E-state index contributed by atoms with van der Waals surface area (Å²) in [5, 5.41) is 17.3. The van der Waals surface area contributed by atoms with E-state index >= 15 is 0 Å². The summed E-state index contributed by atoms with van der Waals surface area (Å²) in [5.41, 5.74) is 1.02. The first-order valence-corrected chi connectivity index (χ1v) is 4.62. The summed E-state index contributed by atoms with van der Waals surface area (Å²) in [4.78, 5) is 21.1. The third kappa shape index (κ3) is 4.64. The highest BCUT2D eigenvalue weighted by Crippen LogP contribution is 2.15. The molecule has 0 aromatic carbocycles. The fourth-order valence-electron chi connectivity index (χ4n) is 1.20. The second-order valence-electron chi connectivity index (χ2n) is 3.21. The van der Waals surface area contributed by atoms with E-state index in [1.54, 1.807) is 6.92 Å². The number of hydrogen-bond acceptors (Lipinski definition) is 2. The molecule has 0 aliphatic rings. The quantitative estimate of drug-likeness (QED) is 0.643. The van der Waals surface area contributed by atoms with E-state index in [2.05, 4.69) is 0 Å². The number of aliphatic carboxylic acids is 2. The van der Waals surface area contributed by atoms with Gasteiger partial charge in [-0.3, -0.25) is 4.79 Å². The van der Waals surface area contributed by atoms with Crippen molar-refractivity contribution in [3.8, 4) is 0 Å². The van der Waals surface area contributed by atoms with Crippen LogP contribution in [0.3, 0.4) is 0 Å². The van der Waals surface area contributed by atoms with Gasteiger partial charge < -0.3 is 10.2 Å². The summed E-state index contributed by atoms with van der Waals surface area (Å²) in [5.74, 6) is -1.83. The largest absolute Gasteiger partial charge is 0.481 e. The lowest BCUT2D eigenvalue weighted by atomic mass is 10.0. The van der Waals surface area contributed by atoms with Gasteiger partial charge in [0.15, 0.2) is 0 Å². The molecule has 0 aromatic heterocycles. The third-order valence-electron chi connectivity index (χ3n) is 1.99. The van der Waals surface area contributed by atoms with Gasteiger partial charge in [0, 0.05) is 12.0 Å². The molecule has 0 rings (SSSR count). The lowest BCUT2D eigenvalue weighted by Crippen LogP contribution is -2.05. The molecule has 0 aromatic rings. The molecular formula is C10H16O4. The number of carboxylic acids is 2. The Bertz CT molecular complexity index is 253. The molecule has 4 heteroatoms. The zero-order valence-electron chi connectivity index (χ0n) is 8.54. The van der Waals surface area contributed by atoms with Crippen LogP contribution in [0.15, 0.2) is 11.1 Å². The molecule has 0 amide bonds. The molecule has 0 unspecified atom stereocenters. The maximum Gasteiger partial charge on any atom is 0.331 e. The van der Waals surface area contributed by atoms with E-state index in [4.69, 9.17) is 10.2 Å². The van der Waals surface area contributed by atoms with Crippen molar-refractivity contribution in [1.82, 2.24) is 0 Å². The second kappa shape index (κ2) is 6.18. The van der Waals surface area contributed by atoms with E-state index in [1.807, 2.05) is 6.92 Å². The molecule has 80 valence electrons. The topological polar surface area (TPSA) is 74.6 Å². The van der Waals surface area contributed by atoms with E-state index in [1.165, 1.54) is 0 Å². The Morgan fingerprint density at radius 3 is 2.00 bits per heavy atom. The molecule has 0 heterocycles. The molecule has 0 radical (unpaired) electrons. The maximum atomic E-state index is 10.8. The van der Waals surface area contributed by atoms with Gasteiger partial charge in [-0.25, -0.2) is 4.79 Å². The van der Waals surface area contributed by atoms with Gasteiger partial charge >= 0.3 is 11.9 Å². The fraction of sp³-hybridized carbons (Fsp3) is 0.600. The summed E-state index contributed by atoms with van der Waals surface area (Å²) in [6, 6.07) is 0. The summed E-state index contributed by atoms with van der Waals surface area (Å²) in [6.45, 7) is 3.58. The number of carbonyl (C=O) groups is 2. The van der Waals surface area contributed by atoms with Crippen LogP contribution < -0.4 is 0 Å². The van der Waals surface area contributed by atoms with Crippen molar-refractivity contribution in [2.24, 2.45) is 0 Å². The van der Waals surface area contributed by atoms with Crippen LogP contribution >= 0.6 is 0 Å². The van der Waals surface area contributed by atoms with Gasteiger partial charge in [0.05, 0.1) is 0 Å². The van der Waals surface area contributed by atoms with Crippen LogP contribution in [0.2, 0.25) is 0 Å². The zero-order valence-corrected chi connectivity index (χ0v) is 8.54. The summed E-state index contributed by atoms with van der Waals surface area (Å²) < 4.78 is 0. The minimum absolute atomic E-state index is 0.00761.